The summed E-state index contributed by atoms with van der Waals surface area (Å²) in [5.41, 5.74) is 5.99. The summed E-state index contributed by atoms with van der Waals surface area (Å²) in [6.45, 7) is 0. The molecule has 216 valence electrons. The molecule has 2 aromatic heterocycles. The van der Waals surface area contributed by atoms with Crippen molar-refractivity contribution < 1.29 is 4.92 Å². The van der Waals surface area contributed by atoms with Crippen LogP contribution in [0.4, 0.5) is 5.69 Å². The number of nitrogens with zero attached hydrogens (tertiary/aromatic N) is 4. The van der Waals surface area contributed by atoms with E-state index in [4.69, 9.17) is 9.97 Å². The van der Waals surface area contributed by atoms with E-state index in [1.807, 2.05) is 109 Å². The van der Waals surface area contributed by atoms with Crippen molar-refractivity contribution in [3.8, 4) is 28.3 Å². The summed E-state index contributed by atoms with van der Waals surface area (Å²) in [4.78, 5) is 23.0. The van der Waals surface area contributed by atoms with E-state index in [1.54, 1.807) is 0 Å². The van der Waals surface area contributed by atoms with Crippen molar-refractivity contribution in [2.24, 2.45) is 0 Å². The number of rotatable bonds is 4. The highest BCUT2D eigenvalue weighted by Gasteiger charge is 2.27. The molecule has 0 atom stereocenters. The normalized spacial score (nSPS) is 11.7. The van der Waals surface area contributed by atoms with Gasteiger partial charge in [-0.3, -0.25) is 14.7 Å². The standard InChI is InChI=1S/C40H24N4O2/c45-44(46)39-29-18-7-5-16-27(29)26-15-4-6-17-28(26)37(39)32-21-12-24-35-36(32)31-20-9-11-23-34(31)43(35)40-41-33-22-10-8-19-30(33)38(42-40)25-13-2-1-3-14-25/h1-24H. The van der Waals surface area contributed by atoms with Gasteiger partial charge in [-0.2, -0.15) is 0 Å². The number of benzene rings is 7. The Kier molecular flexibility index (Phi) is 5.70. The third kappa shape index (κ3) is 3.77. The van der Waals surface area contributed by atoms with E-state index < -0.39 is 0 Å². The van der Waals surface area contributed by atoms with Crippen LogP contribution in [0.25, 0.3) is 82.6 Å². The van der Waals surface area contributed by atoms with Crippen LogP contribution in [0, 0.1) is 10.1 Å². The molecule has 9 aromatic rings. The van der Waals surface area contributed by atoms with Crippen LogP contribution in [-0.2, 0) is 0 Å². The molecule has 0 bridgehead atoms. The van der Waals surface area contributed by atoms with Gasteiger partial charge in [0.05, 0.1) is 38.1 Å². The lowest BCUT2D eigenvalue weighted by Crippen LogP contribution is -2.03. The van der Waals surface area contributed by atoms with E-state index in [0.717, 1.165) is 65.7 Å². The topological polar surface area (TPSA) is 73.8 Å². The number of nitro benzene ring substituents is 1. The van der Waals surface area contributed by atoms with Gasteiger partial charge in [-0.1, -0.05) is 121 Å². The highest BCUT2D eigenvalue weighted by atomic mass is 16.6. The molecule has 0 N–H and O–H groups in total. The zero-order valence-corrected chi connectivity index (χ0v) is 24.5. The van der Waals surface area contributed by atoms with Crippen molar-refractivity contribution in [3.05, 3.63) is 156 Å². The second-order valence-corrected chi connectivity index (χ2v) is 11.4. The molecule has 0 aliphatic heterocycles. The molecule has 0 aliphatic carbocycles. The fraction of sp³-hybridized carbons (Fsp3) is 0. The van der Waals surface area contributed by atoms with Gasteiger partial charge in [-0.15, -0.1) is 0 Å². The molecule has 9 rings (SSSR count). The summed E-state index contributed by atoms with van der Waals surface area (Å²) in [6, 6.07) is 47.9. The third-order valence-electron chi connectivity index (χ3n) is 8.89. The molecule has 7 aromatic carbocycles. The van der Waals surface area contributed by atoms with Gasteiger partial charge in [0.25, 0.3) is 5.69 Å². The highest BCUT2D eigenvalue weighted by molar-refractivity contribution is 6.24. The molecule has 0 radical (unpaired) electrons. The van der Waals surface area contributed by atoms with E-state index in [1.165, 1.54) is 0 Å². The monoisotopic (exact) mass is 592 g/mol. The Morgan fingerprint density at radius 2 is 1.11 bits per heavy atom. The van der Waals surface area contributed by atoms with E-state index in [0.29, 0.717) is 16.9 Å². The van der Waals surface area contributed by atoms with Gasteiger partial charge in [-0.05, 0) is 46.0 Å². The van der Waals surface area contributed by atoms with Crippen molar-refractivity contribution in [1.29, 1.82) is 0 Å². The second-order valence-electron chi connectivity index (χ2n) is 11.4. The summed E-state index contributed by atoms with van der Waals surface area (Å²) in [5, 5.41) is 19.1. The Morgan fingerprint density at radius 1 is 0.522 bits per heavy atom. The maximum atomic E-state index is 13.0. The Balaban J connectivity index is 1.43. The van der Waals surface area contributed by atoms with E-state index in [2.05, 4.69) is 41.0 Å². The number of nitro groups is 1. The van der Waals surface area contributed by atoms with Gasteiger partial charge in [0.2, 0.25) is 5.95 Å². The van der Waals surface area contributed by atoms with Crippen LogP contribution in [0.2, 0.25) is 0 Å². The number of hydrogen-bond acceptors (Lipinski definition) is 4. The summed E-state index contributed by atoms with van der Waals surface area (Å²) in [6.07, 6.45) is 0. The lowest BCUT2D eigenvalue weighted by Gasteiger charge is -2.14. The molecule has 46 heavy (non-hydrogen) atoms. The first-order valence-electron chi connectivity index (χ1n) is 15.1. The lowest BCUT2D eigenvalue weighted by molar-refractivity contribution is -0.382. The first kappa shape index (κ1) is 26.0. The van der Waals surface area contributed by atoms with Crippen LogP contribution in [0.15, 0.2) is 146 Å². The zero-order valence-electron chi connectivity index (χ0n) is 24.5. The largest absolute Gasteiger partial charge is 0.285 e. The van der Waals surface area contributed by atoms with Gasteiger partial charge < -0.3 is 0 Å². The fourth-order valence-electron chi connectivity index (χ4n) is 7.01. The van der Waals surface area contributed by atoms with Crippen molar-refractivity contribution in [1.82, 2.24) is 14.5 Å². The zero-order chi connectivity index (χ0) is 30.8. The minimum atomic E-state index is -0.235. The molecule has 0 unspecified atom stereocenters. The average molecular weight is 593 g/mol. The Morgan fingerprint density at radius 3 is 1.87 bits per heavy atom. The summed E-state index contributed by atoms with van der Waals surface area (Å²) >= 11 is 0. The summed E-state index contributed by atoms with van der Waals surface area (Å²) in [5.74, 6) is 0.541. The van der Waals surface area contributed by atoms with Crippen LogP contribution in [0.3, 0.4) is 0 Å². The maximum absolute atomic E-state index is 13.0. The number of para-hydroxylation sites is 2. The summed E-state index contributed by atoms with van der Waals surface area (Å²) < 4.78 is 2.09. The predicted octanol–water partition coefficient (Wildman–Crippen LogP) is 10.3. The van der Waals surface area contributed by atoms with Gasteiger partial charge in [0.1, 0.15) is 0 Å². The molecule has 6 nitrogen and oxygen atoms in total. The number of fused-ring (bicyclic) bond motifs is 7. The van der Waals surface area contributed by atoms with Crippen LogP contribution in [0.5, 0.6) is 0 Å². The molecular weight excluding hydrogens is 568 g/mol. The minimum absolute atomic E-state index is 0.104. The predicted molar refractivity (Wildman–Crippen MR) is 186 cm³/mol. The first-order chi connectivity index (χ1) is 22.7. The Labute approximate surface area is 263 Å². The lowest BCUT2D eigenvalue weighted by atomic mass is 9.89. The Hall–Kier alpha value is -6.40. The van der Waals surface area contributed by atoms with E-state index in [-0.39, 0.29) is 10.6 Å². The molecule has 0 spiro atoms. The quantitative estimate of drug-likeness (QED) is 0.116. The van der Waals surface area contributed by atoms with Gasteiger partial charge in [0.15, 0.2) is 0 Å². The molecule has 0 amide bonds. The molecule has 0 saturated carbocycles. The van der Waals surface area contributed by atoms with Gasteiger partial charge >= 0.3 is 0 Å². The van der Waals surface area contributed by atoms with Crippen molar-refractivity contribution in [3.63, 3.8) is 0 Å². The van der Waals surface area contributed by atoms with Crippen molar-refractivity contribution >= 4 is 59.9 Å². The Bertz CT molecular complexity index is 2680. The molecule has 0 fully saturated rings. The number of hydrogen-bond donors (Lipinski definition) is 0. The second kappa shape index (κ2) is 10.1. The van der Waals surface area contributed by atoms with Crippen LogP contribution in [0.1, 0.15) is 0 Å². The number of aromatic nitrogens is 3. The van der Waals surface area contributed by atoms with E-state index in [9.17, 15) is 10.1 Å². The molecule has 0 saturated heterocycles. The van der Waals surface area contributed by atoms with Crippen LogP contribution in [-0.4, -0.2) is 19.5 Å². The van der Waals surface area contributed by atoms with Gasteiger partial charge in [0, 0.05) is 21.7 Å². The molecule has 6 heteroatoms. The average Bonchev–Trinajstić information content (AvgIpc) is 3.45. The summed E-state index contributed by atoms with van der Waals surface area (Å²) in [7, 11) is 0. The van der Waals surface area contributed by atoms with Crippen molar-refractivity contribution in [2.75, 3.05) is 0 Å². The van der Waals surface area contributed by atoms with Gasteiger partial charge in [-0.25, -0.2) is 9.97 Å². The highest BCUT2D eigenvalue weighted by Crippen LogP contribution is 2.47. The fourth-order valence-corrected chi connectivity index (χ4v) is 7.01. The third-order valence-corrected chi connectivity index (χ3v) is 8.89. The maximum Gasteiger partial charge on any atom is 0.285 e. The molecule has 0 aliphatic rings. The van der Waals surface area contributed by atoms with Crippen molar-refractivity contribution in [2.45, 2.75) is 0 Å². The minimum Gasteiger partial charge on any atom is -0.278 e. The first-order valence-corrected chi connectivity index (χ1v) is 15.1. The molecular formula is C40H24N4O2. The van der Waals surface area contributed by atoms with E-state index >= 15 is 0 Å². The van der Waals surface area contributed by atoms with Crippen LogP contribution < -0.4 is 0 Å². The smallest absolute Gasteiger partial charge is 0.278 e. The SMILES string of the molecule is O=[N+]([O-])c1c(-c2cccc3c2c2ccccc2n3-c2nc(-c3ccccc3)c3ccccc3n2)c2ccccc2c2ccccc12. The van der Waals surface area contributed by atoms with Crippen LogP contribution >= 0.6 is 0 Å². The molecule has 2 heterocycles.